The molecule has 1 aliphatic rings. The van der Waals surface area contributed by atoms with Crippen molar-refractivity contribution in [1.82, 2.24) is 0 Å². The number of hydrogen-bond acceptors (Lipinski definition) is 3. The van der Waals surface area contributed by atoms with E-state index < -0.39 is 0 Å². The SMILES string of the molecule is CC(N)CCSCC1Cc2ccccc2O1. The van der Waals surface area contributed by atoms with Gasteiger partial charge in [-0.05, 0) is 30.7 Å². The Kier molecular flexibility index (Phi) is 4.13. The van der Waals surface area contributed by atoms with Crippen molar-refractivity contribution in [3.63, 3.8) is 0 Å². The summed E-state index contributed by atoms with van der Waals surface area (Å²) in [5.41, 5.74) is 7.06. The molecule has 1 aromatic carbocycles. The molecule has 16 heavy (non-hydrogen) atoms. The number of rotatable bonds is 5. The molecule has 2 rings (SSSR count). The summed E-state index contributed by atoms with van der Waals surface area (Å²) in [6.07, 6.45) is 2.50. The fourth-order valence-electron chi connectivity index (χ4n) is 1.83. The molecule has 0 amide bonds. The van der Waals surface area contributed by atoms with Crippen molar-refractivity contribution in [3.05, 3.63) is 29.8 Å². The quantitative estimate of drug-likeness (QED) is 0.799. The lowest BCUT2D eigenvalue weighted by Crippen LogP contribution is -2.18. The van der Waals surface area contributed by atoms with Gasteiger partial charge < -0.3 is 10.5 Å². The zero-order chi connectivity index (χ0) is 11.4. The van der Waals surface area contributed by atoms with E-state index in [1.165, 1.54) is 5.56 Å². The molecule has 0 saturated carbocycles. The summed E-state index contributed by atoms with van der Waals surface area (Å²) < 4.78 is 5.86. The summed E-state index contributed by atoms with van der Waals surface area (Å²) in [4.78, 5) is 0. The smallest absolute Gasteiger partial charge is 0.123 e. The summed E-state index contributed by atoms with van der Waals surface area (Å²) in [5, 5.41) is 0. The van der Waals surface area contributed by atoms with Crippen LogP contribution in [0.5, 0.6) is 5.75 Å². The Morgan fingerprint density at radius 3 is 3.06 bits per heavy atom. The molecular formula is C13H19NOS. The predicted molar refractivity (Wildman–Crippen MR) is 70.2 cm³/mol. The molecule has 2 N–H and O–H groups in total. The van der Waals surface area contributed by atoms with E-state index in [4.69, 9.17) is 10.5 Å². The molecule has 0 fully saturated rings. The highest BCUT2D eigenvalue weighted by Crippen LogP contribution is 2.29. The zero-order valence-corrected chi connectivity index (χ0v) is 10.5. The zero-order valence-electron chi connectivity index (χ0n) is 9.69. The van der Waals surface area contributed by atoms with Crippen LogP contribution in [0.3, 0.4) is 0 Å². The first-order valence-corrected chi connectivity index (χ1v) is 6.99. The van der Waals surface area contributed by atoms with Gasteiger partial charge in [0.2, 0.25) is 0 Å². The molecule has 3 heteroatoms. The first-order chi connectivity index (χ1) is 7.75. The number of fused-ring (bicyclic) bond motifs is 1. The first-order valence-electron chi connectivity index (χ1n) is 5.83. The number of para-hydroxylation sites is 1. The average molecular weight is 237 g/mol. The van der Waals surface area contributed by atoms with Crippen LogP contribution in [0.25, 0.3) is 0 Å². The fraction of sp³-hybridized carbons (Fsp3) is 0.538. The molecule has 2 unspecified atom stereocenters. The summed E-state index contributed by atoms with van der Waals surface area (Å²) in [5.74, 6) is 3.27. The van der Waals surface area contributed by atoms with E-state index >= 15 is 0 Å². The van der Waals surface area contributed by atoms with Crippen LogP contribution in [0.2, 0.25) is 0 Å². The van der Waals surface area contributed by atoms with Crippen LogP contribution in [-0.2, 0) is 6.42 Å². The van der Waals surface area contributed by atoms with Gasteiger partial charge in [0.25, 0.3) is 0 Å². The van der Waals surface area contributed by atoms with E-state index in [0.29, 0.717) is 12.1 Å². The first kappa shape index (κ1) is 11.8. The van der Waals surface area contributed by atoms with Gasteiger partial charge in [-0.1, -0.05) is 18.2 Å². The van der Waals surface area contributed by atoms with Crippen LogP contribution in [0.15, 0.2) is 24.3 Å². The highest BCUT2D eigenvalue weighted by molar-refractivity contribution is 7.99. The Labute approximate surface area is 102 Å². The molecule has 0 spiro atoms. The monoisotopic (exact) mass is 237 g/mol. The van der Waals surface area contributed by atoms with Gasteiger partial charge in [-0.15, -0.1) is 0 Å². The van der Waals surface area contributed by atoms with Crippen molar-refractivity contribution in [2.24, 2.45) is 5.73 Å². The summed E-state index contributed by atoms with van der Waals surface area (Å²) in [6, 6.07) is 8.64. The van der Waals surface area contributed by atoms with Crippen LogP contribution < -0.4 is 10.5 Å². The molecule has 0 radical (unpaired) electrons. The van der Waals surface area contributed by atoms with Gasteiger partial charge in [0, 0.05) is 18.2 Å². The van der Waals surface area contributed by atoms with Gasteiger partial charge >= 0.3 is 0 Å². The third-order valence-electron chi connectivity index (χ3n) is 2.74. The molecule has 0 aromatic heterocycles. The van der Waals surface area contributed by atoms with Crippen LogP contribution in [0, 0.1) is 0 Å². The van der Waals surface area contributed by atoms with Crippen LogP contribution in [0.4, 0.5) is 0 Å². The van der Waals surface area contributed by atoms with Crippen molar-refractivity contribution < 1.29 is 4.74 Å². The molecule has 2 atom stereocenters. The highest BCUT2D eigenvalue weighted by atomic mass is 32.2. The number of thioether (sulfide) groups is 1. The summed E-state index contributed by atoms with van der Waals surface area (Å²) >= 11 is 1.94. The number of benzene rings is 1. The molecule has 1 heterocycles. The highest BCUT2D eigenvalue weighted by Gasteiger charge is 2.21. The van der Waals surface area contributed by atoms with Crippen molar-refractivity contribution in [2.45, 2.75) is 31.9 Å². The second-order valence-corrected chi connectivity index (χ2v) is 5.54. The molecule has 2 nitrogen and oxygen atoms in total. The maximum Gasteiger partial charge on any atom is 0.123 e. The van der Waals surface area contributed by atoms with E-state index in [1.54, 1.807) is 0 Å². The molecule has 88 valence electrons. The number of hydrogen-bond donors (Lipinski definition) is 1. The summed E-state index contributed by atoms with van der Waals surface area (Å²) in [6.45, 7) is 2.06. The maximum absolute atomic E-state index is 5.86. The van der Waals surface area contributed by atoms with Crippen LogP contribution in [0.1, 0.15) is 18.9 Å². The van der Waals surface area contributed by atoms with Crippen molar-refractivity contribution in [2.75, 3.05) is 11.5 Å². The molecular weight excluding hydrogens is 218 g/mol. The largest absolute Gasteiger partial charge is 0.489 e. The van der Waals surface area contributed by atoms with E-state index in [1.807, 2.05) is 17.8 Å². The Balaban J connectivity index is 1.71. The van der Waals surface area contributed by atoms with Gasteiger partial charge in [0.15, 0.2) is 0 Å². The van der Waals surface area contributed by atoms with Gasteiger partial charge in [0.05, 0.1) is 0 Å². The number of ether oxygens (including phenoxy) is 1. The molecule has 0 bridgehead atoms. The Hall–Kier alpha value is -0.670. The predicted octanol–water partition coefficient (Wildman–Crippen LogP) is 2.46. The minimum Gasteiger partial charge on any atom is -0.489 e. The lowest BCUT2D eigenvalue weighted by Gasteiger charge is -2.10. The van der Waals surface area contributed by atoms with E-state index in [9.17, 15) is 0 Å². The topological polar surface area (TPSA) is 35.2 Å². The Bertz CT molecular complexity index is 315. The van der Waals surface area contributed by atoms with Crippen molar-refractivity contribution in [3.8, 4) is 5.75 Å². The lowest BCUT2D eigenvalue weighted by molar-refractivity contribution is 0.259. The van der Waals surface area contributed by atoms with E-state index in [0.717, 1.165) is 30.1 Å². The van der Waals surface area contributed by atoms with Gasteiger partial charge in [0.1, 0.15) is 11.9 Å². The van der Waals surface area contributed by atoms with Gasteiger partial charge in [-0.2, -0.15) is 11.8 Å². The lowest BCUT2D eigenvalue weighted by atomic mass is 10.1. The van der Waals surface area contributed by atoms with Gasteiger partial charge in [-0.3, -0.25) is 0 Å². The van der Waals surface area contributed by atoms with Gasteiger partial charge in [-0.25, -0.2) is 0 Å². The Morgan fingerprint density at radius 1 is 1.50 bits per heavy atom. The van der Waals surface area contributed by atoms with E-state index in [2.05, 4.69) is 25.1 Å². The fourth-order valence-corrected chi connectivity index (χ4v) is 2.98. The van der Waals surface area contributed by atoms with E-state index in [-0.39, 0.29) is 0 Å². The van der Waals surface area contributed by atoms with Crippen molar-refractivity contribution in [1.29, 1.82) is 0 Å². The Morgan fingerprint density at radius 2 is 2.31 bits per heavy atom. The third-order valence-corrected chi connectivity index (χ3v) is 3.87. The minimum absolute atomic E-state index is 0.314. The minimum atomic E-state index is 0.314. The summed E-state index contributed by atoms with van der Waals surface area (Å²) in [7, 11) is 0. The molecule has 1 aliphatic heterocycles. The second kappa shape index (κ2) is 5.60. The normalized spacial score (nSPS) is 20.2. The van der Waals surface area contributed by atoms with Crippen LogP contribution >= 0.6 is 11.8 Å². The standard InChI is InChI=1S/C13H19NOS/c1-10(14)6-7-16-9-12-8-11-4-2-3-5-13(11)15-12/h2-5,10,12H,6-9,14H2,1H3. The second-order valence-electron chi connectivity index (χ2n) is 4.39. The molecule has 1 aromatic rings. The molecule has 0 aliphatic carbocycles. The van der Waals surface area contributed by atoms with Crippen LogP contribution in [-0.4, -0.2) is 23.7 Å². The number of nitrogens with two attached hydrogens (primary N) is 1. The average Bonchev–Trinajstić information content (AvgIpc) is 2.66. The third kappa shape index (κ3) is 3.16. The van der Waals surface area contributed by atoms with Crippen molar-refractivity contribution >= 4 is 11.8 Å². The molecule has 0 saturated heterocycles. The maximum atomic E-state index is 5.86.